The number of carbonyl (C=O) groups excluding carboxylic acids is 1. The van der Waals surface area contributed by atoms with Crippen molar-refractivity contribution in [3.05, 3.63) is 76.6 Å². The maximum atomic E-state index is 12.8. The van der Waals surface area contributed by atoms with Crippen LogP contribution in [-0.2, 0) is 6.42 Å². The minimum atomic E-state index is -0.297. The van der Waals surface area contributed by atoms with Gasteiger partial charge in [-0.1, -0.05) is 29.8 Å². The van der Waals surface area contributed by atoms with Crippen LogP contribution in [0.15, 0.2) is 54.7 Å². The number of ether oxygens (including phenoxy) is 1. The third kappa shape index (κ3) is 3.41. The second-order valence-electron chi connectivity index (χ2n) is 6.69. The molecule has 0 aliphatic carbocycles. The van der Waals surface area contributed by atoms with Gasteiger partial charge in [-0.2, -0.15) is 0 Å². The quantitative estimate of drug-likeness (QED) is 0.677. The lowest BCUT2D eigenvalue weighted by molar-refractivity contribution is 0.102. The summed E-state index contributed by atoms with van der Waals surface area (Å²) in [6.45, 7) is 2.76. The first kappa shape index (κ1) is 18.3. The number of aromatic nitrogens is 1. The Labute approximate surface area is 168 Å². The van der Waals surface area contributed by atoms with Crippen LogP contribution in [0.5, 0.6) is 5.75 Å². The molecule has 1 aromatic heterocycles. The molecule has 6 heteroatoms. The van der Waals surface area contributed by atoms with Crippen LogP contribution in [0.25, 0.3) is 0 Å². The van der Waals surface area contributed by atoms with Gasteiger partial charge in [0.15, 0.2) is 0 Å². The number of fused-ring (bicyclic) bond motifs is 1. The molecule has 28 heavy (non-hydrogen) atoms. The van der Waals surface area contributed by atoms with Crippen LogP contribution in [0.3, 0.4) is 0 Å². The normalized spacial score (nSPS) is 12.6. The molecule has 0 saturated heterocycles. The summed E-state index contributed by atoms with van der Waals surface area (Å²) in [6.07, 6.45) is 2.65. The number of rotatable bonds is 4. The van der Waals surface area contributed by atoms with Crippen molar-refractivity contribution in [2.75, 3.05) is 23.9 Å². The third-order valence-corrected chi connectivity index (χ3v) is 5.31. The first-order valence-electron chi connectivity index (χ1n) is 9.04. The molecule has 0 spiro atoms. The van der Waals surface area contributed by atoms with E-state index in [0.717, 1.165) is 24.2 Å². The molecule has 4 rings (SSSR count). The Balaban J connectivity index is 1.60. The van der Waals surface area contributed by atoms with Gasteiger partial charge in [0.2, 0.25) is 0 Å². The van der Waals surface area contributed by atoms with Crippen LogP contribution < -0.4 is 15.0 Å². The second kappa shape index (κ2) is 7.52. The summed E-state index contributed by atoms with van der Waals surface area (Å²) in [7, 11) is 1.54. The van der Waals surface area contributed by atoms with E-state index in [0.29, 0.717) is 22.2 Å². The number of benzene rings is 2. The van der Waals surface area contributed by atoms with Gasteiger partial charge in [0.1, 0.15) is 11.4 Å². The highest BCUT2D eigenvalue weighted by molar-refractivity contribution is 6.31. The topological polar surface area (TPSA) is 54.5 Å². The minimum Gasteiger partial charge on any atom is -0.495 e. The van der Waals surface area contributed by atoms with E-state index in [2.05, 4.69) is 33.4 Å². The molecule has 0 bridgehead atoms. The summed E-state index contributed by atoms with van der Waals surface area (Å²) in [6, 6.07) is 15.5. The van der Waals surface area contributed by atoms with Gasteiger partial charge < -0.3 is 15.0 Å². The van der Waals surface area contributed by atoms with E-state index >= 15 is 0 Å². The SMILES string of the molecule is COc1cc(Cl)c(C)cc1NC(=O)c1cc(N2CCc3ccccc32)ccn1. The first-order valence-corrected chi connectivity index (χ1v) is 9.41. The number of aryl methyl sites for hydroxylation is 1. The molecule has 3 aromatic rings. The average molecular weight is 394 g/mol. The van der Waals surface area contributed by atoms with Crippen molar-refractivity contribution in [3.63, 3.8) is 0 Å². The van der Waals surface area contributed by atoms with Gasteiger partial charge in [-0.15, -0.1) is 0 Å². The van der Waals surface area contributed by atoms with E-state index in [1.807, 2.05) is 25.1 Å². The maximum Gasteiger partial charge on any atom is 0.274 e. The molecule has 5 nitrogen and oxygen atoms in total. The maximum absolute atomic E-state index is 12.8. The molecular weight excluding hydrogens is 374 g/mol. The predicted octanol–water partition coefficient (Wildman–Crippen LogP) is 5.00. The fraction of sp³-hybridized carbons (Fsp3) is 0.182. The molecule has 1 N–H and O–H groups in total. The lowest BCUT2D eigenvalue weighted by Gasteiger charge is -2.20. The largest absolute Gasteiger partial charge is 0.495 e. The van der Waals surface area contributed by atoms with E-state index in [9.17, 15) is 4.79 Å². The Morgan fingerprint density at radius 1 is 1.21 bits per heavy atom. The van der Waals surface area contributed by atoms with Crippen molar-refractivity contribution in [1.82, 2.24) is 4.98 Å². The van der Waals surface area contributed by atoms with Crippen molar-refractivity contribution < 1.29 is 9.53 Å². The number of carbonyl (C=O) groups is 1. The highest BCUT2D eigenvalue weighted by atomic mass is 35.5. The van der Waals surface area contributed by atoms with Crippen molar-refractivity contribution >= 4 is 34.6 Å². The Kier molecular flexibility index (Phi) is 4.92. The molecule has 0 radical (unpaired) electrons. The lowest BCUT2D eigenvalue weighted by atomic mass is 10.2. The molecule has 1 aliphatic heterocycles. The summed E-state index contributed by atoms with van der Waals surface area (Å²) in [4.78, 5) is 19.3. The van der Waals surface area contributed by atoms with Crippen molar-refractivity contribution in [3.8, 4) is 5.75 Å². The standard InChI is InChI=1S/C22H20ClN3O2/c1-14-11-18(21(28-2)13-17(14)23)25-22(27)19-12-16(7-9-24-19)26-10-8-15-5-3-4-6-20(15)26/h3-7,9,11-13H,8,10H2,1-2H3,(H,25,27). The number of anilines is 3. The van der Waals surface area contributed by atoms with Crippen molar-refractivity contribution in [1.29, 1.82) is 0 Å². The zero-order valence-corrected chi connectivity index (χ0v) is 16.5. The zero-order chi connectivity index (χ0) is 19.7. The number of nitrogens with zero attached hydrogens (tertiary/aromatic N) is 2. The lowest BCUT2D eigenvalue weighted by Crippen LogP contribution is -2.17. The number of amides is 1. The number of para-hydroxylation sites is 1. The predicted molar refractivity (Wildman–Crippen MR) is 112 cm³/mol. The van der Waals surface area contributed by atoms with Crippen LogP contribution in [0, 0.1) is 6.92 Å². The van der Waals surface area contributed by atoms with Crippen LogP contribution in [0.1, 0.15) is 21.6 Å². The molecule has 2 aromatic carbocycles. The average Bonchev–Trinajstić information content (AvgIpc) is 3.15. The molecule has 2 heterocycles. The van der Waals surface area contributed by atoms with Crippen molar-refractivity contribution in [2.24, 2.45) is 0 Å². The minimum absolute atomic E-state index is 0.297. The fourth-order valence-corrected chi connectivity index (χ4v) is 3.59. The molecule has 0 saturated carbocycles. The van der Waals surface area contributed by atoms with Gasteiger partial charge in [-0.05, 0) is 48.7 Å². The highest BCUT2D eigenvalue weighted by Gasteiger charge is 2.21. The van der Waals surface area contributed by atoms with Crippen molar-refractivity contribution in [2.45, 2.75) is 13.3 Å². The van der Waals surface area contributed by atoms with E-state index < -0.39 is 0 Å². The second-order valence-corrected chi connectivity index (χ2v) is 7.09. The number of halogens is 1. The van der Waals surface area contributed by atoms with Gasteiger partial charge >= 0.3 is 0 Å². The molecule has 1 aliphatic rings. The van der Waals surface area contributed by atoms with E-state index in [1.165, 1.54) is 11.3 Å². The molecule has 1 amide bonds. The summed E-state index contributed by atoms with van der Waals surface area (Å²) in [5.41, 5.74) is 5.20. The third-order valence-electron chi connectivity index (χ3n) is 4.90. The number of methoxy groups -OCH3 is 1. The van der Waals surface area contributed by atoms with Crippen LogP contribution in [-0.4, -0.2) is 24.5 Å². The zero-order valence-electron chi connectivity index (χ0n) is 15.7. The molecule has 0 unspecified atom stereocenters. The Hall–Kier alpha value is -3.05. The monoisotopic (exact) mass is 393 g/mol. The van der Waals surface area contributed by atoms with Gasteiger partial charge in [0.05, 0.1) is 12.8 Å². The van der Waals surface area contributed by atoms with E-state index in [-0.39, 0.29) is 5.91 Å². The smallest absolute Gasteiger partial charge is 0.274 e. The summed E-state index contributed by atoms with van der Waals surface area (Å²) in [5, 5.41) is 3.46. The number of pyridine rings is 1. The Bertz CT molecular complexity index is 1050. The number of hydrogen-bond acceptors (Lipinski definition) is 4. The highest BCUT2D eigenvalue weighted by Crippen LogP contribution is 2.35. The van der Waals surface area contributed by atoms with Gasteiger partial charge in [-0.25, -0.2) is 0 Å². The van der Waals surface area contributed by atoms with E-state index in [4.69, 9.17) is 16.3 Å². The van der Waals surface area contributed by atoms with Crippen LogP contribution >= 0.6 is 11.6 Å². The molecule has 142 valence electrons. The van der Waals surface area contributed by atoms with Gasteiger partial charge in [-0.3, -0.25) is 9.78 Å². The summed E-state index contributed by atoms with van der Waals surface area (Å²) < 4.78 is 5.33. The molecular formula is C22H20ClN3O2. The summed E-state index contributed by atoms with van der Waals surface area (Å²) in [5.74, 6) is 0.211. The Morgan fingerprint density at radius 3 is 2.86 bits per heavy atom. The van der Waals surface area contributed by atoms with Crippen LogP contribution in [0.2, 0.25) is 5.02 Å². The van der Waals surface area contributed by atoms with E-state index in [1.54, 1.807) is 25.4 Å². The Morgan fingerprint density at radius 2 is 2.04 bits per heavy atom. The molecule has 0 fully saturated rings. The fourth-order valence-electron chi connectivity index (χ4n) is 3.43. The first-order chi connectivity index (χ1) is 13.6. The molecule has 0 atom stereocenters. The van der Waals surface area contributed by atoms with Gasteiger partial charge in [0, 0.05) is 35.2 Å². The van der Waals surface area contributed by atoms with Gasteiger partial charge in [0.25, 0.3) is 5.91 Å². The number of nitrogens with one attached hydrogen (secondary N) is 1. The van der Waals surface area contributed by atoms with Crippen LogP contribution in [0.4, 0.5) is 17.1 Å². The number of hydrogen-bond donors (Lipinski definition) is 1. The summed E-state index contributed by atoms with van der Waals surface area (Å²) >= 11 is 6.14.